The molecule has 2 nitrogen and oxygen atoms in total. The van der Waals surface area contributed by atoms with Crippen molar-refractivity contribution in [2.75, 3.05) is 19.8 Å². The van der Waals surface area contributed by atoms with E-state index in [4.69, 9.17) is 4.74 Å². The second-order valence-corrected chi connectivity index (χ2v) is 6.63. The highest BCUT2D eigenvalue weighted by Crippen LogP contribution is 2.22. The van der Waals surface area contributed by atoms with Gasteiger partial charge in [0.2, 0.25) is 0 Å². The molecule has 0 spiro atoms. The Balaban J connectivity index is 1.76. The van der Waals surface area contributed by atoms with Gasteiger partial charge in [0.1, 0.15) is 0 Å². The minimum atomic E-state index is 0.244. The number of benzene rings is 1. The molecular weight excluding hydrogens is 234 g/mol. The molecule has 0 unspecified atom stereocenters. The van der Waals surface area contributed by atoms with Gasteiger partial charge >= 0.3 is 0 Å². The summed E-state index contributed by atoms with van der Waals surface area (Å²) in [4.78, 5) is 0. The van der Waals surface area contributed by atoms with Crippen LogP contribution in [0.4, 0.5) is 0 Å². The van der Waals surface area contributed by atoms with Crippen LogP contribution in [0.15, 0.2) is 24.3 Å². The fraction of sp³-hybridized carbons (Fsp3) is 0.647. The molecule has 0 saturated carbocycles. The summed E-state index contributed by atoms with van der Waals surface area (Å²) in [5.74, 6) is 0.794. The van der Waals surface area contributed by atoms with Crippen molar-refractivity contribution < 1.29 is 4.74 Å². The maximum Gasteiger partial charge on any atom is 0.0469 e. The summed E-state index contributed by atoms with van der Waals surface area (Å²) < 4.78 is 5.38. The lowest BCUT2D eigenvalue weighted by Gasteiger charge is -2.22. The zero-order chi connectivity index (χ0) is 13.7. The van der Waals surface area contributed by atoms with Crippen LogP contribution in [0.5, 0.6) is 0 Å². The van der Waals surface area contributed by atoms with E-state index in [9.17, 15) is 0 Å². The quantitative estimate of drug-likeness (QED) is 0.895. The van der Waals surface area contributed by atoms with Crippen molar-refractivity contribution in [1.82, 2.24) is 5.32 Å². The van der Waals surface area contributed by atoms with E-state index >= 15 is 0 Å². The Hall–Kier alpha value is -0.860. The van der Waals surface area contributed by atoms with Crippen LogP contribution in [0.1, 0.15) is 44.7 Å². The summed E-state index contributed by atoms with van der Waals surface area (Å²) in [6.07, 6.45) is 2.41. The minimum absolute atomic E-state index is 0.244. The van der Waals surface area contributed by atoms with Crippen LogP contribution in [0, 0.1) is 5.92 Å². The van der Waals surface area contributed by atoms with Crippen LogP contribution in [0.2, 0.25) is 0 Å². The van der Waals surface area contributed by atoms with E-state index in [1.165, 1.54) is 24.0 Å². The van der Waals surface area contributed by atoms with Gasteiger partial charge in [0.05, 0.1) is 0 Å². The van der Waals surface area contributed by atoms with E-state index in [1.807, 2.05) is 0 Å². The highest BCUT2D eigenvalue weighted by atomic mass is 16.5. The second-order valence-electron chi connectivity index (χ2n) is 6.63. The Morgan fingerprint density at radius 2 is 1.74 bits per heavy atom. The third-order valence-corrected chi connectivity index (χ3v) is 3.92. The predicted octanol–water partition coefficient (Wildman–Crippen LogP) is 3.50. The van der Waals surface area contributed by atoms with Gasteiger partial charge in [0.15, 0.2) is 0 Å². The van der Waals surface area contributed by atoms with Gasteiger partial charge < -0.3 is 10.1 Å². The first-order valence-electron chi connectivity index (χ1n) is 7.43. The van der Waals surface area contributed by atoms with Gasteiger partial charge in [0.25, 0.3) is 0 Å². The average Bonchev–Trinajstić information content (AvgIpc) is 2.39. The fourth-order valence-electron chi connectivity index (χ4n) is 2.49. The number of ether oxygens (including phenoxy) is 1. The molecule has 19 heavy (non-hydrogen) atoms. The lowest BCUT2D eigenvalue weighted by atomic mass is 9.87. The van der Waals surface area contributed by atoms with Gasteiger partial charge in [0, 0.05) is 19.8 Å². The number of rotatable bonds is 4. The molecule has 0 amide bonds. The number of hydrogen-bond acceptors (Lipinski definition) is 2. The van der Waals surface area contributed by atoms with Crippen LogP contribution < -0.4 is 5.32 Å². The number of hydrogen-bond donors (Lipinski definition) is 1. The molecule has 1 N–H and O–H groups in total. The summed E-state index contributed by atoms with van der Waals surface area (Å²) in [6, 6.07) is 9.01. The van der Waals surface area contributed by atoms with Gasteiger partial charge in [-0.1, -0.05) is 45.0 Å². The molecular formula is C17H27NO. The van der Waals surface area contributed by atoms with Crippen LogP contribution in [0.3, 0.4) is 0 Å². The SMILES string of the molecule is CC(C)(C)c1ccc(CNCC2CCOCC2)cc1. The van der Waals surface area contributed by atoms with Gasteiger partial charge in [-0.25, -0.2) is 0 Å². The molecule has 1 fully saturated rings. The van der Waals surface area contributed by atoms with E-state index < -0.39 is 0 Å². The molecule has 106 valence electrons. The standard InChI is InChI=1S/C17H27NO/c1-17(2,3)16-6-4-14(5-7-16)12-18-13-15-8-10-19-11-9-15/h4-7,15,18H,8-13H2,1-3H3. The largest absolute Gasteiger partial charge is 0.381 e. The maximum absolute atomic E-state index is 5.38. The van der Waals surface area contributed by atoms with Crippen molar-refractivity contribution in [3.05, 3.63) is 35.4 Å². The Labute approximate surface area is 117 Å². The van der Waals surface area contributed by atoms with Crippen molar-refractivity contribution in [1.29, 1.82) is 0 Å². The lowest BCUT2D eigenvalue weighted by molar-refractivity contribution is 0.0662. The van der Waals surface area contributed by atoms with E-state index in [0.717, 1.165) is 32.2 Å². The molecule has 1 aromatic carbocycles. The minimum Gasteiger partial charge on any atom is -0.381 e. The first-order valence-corrected chi connectivity index (χ1v) is 7.43. The van der Waals surface area contributed by atoms with Gasteiger partial charge in [-0.2, -0.15) is 0 Å². The van der Waals surface area contributed by atoms with Crippen molar-refractivity contribution in [3.8, 4) is 0 Å². The smallest absolute Gasteiger partial charge is 0.0469 e. The van der Waals surface area contributed by atoms with E-state index in [0.29, 0.717) is 0 Å². The predicted molar refractivity (Wildman–Crippen MR) is 80.4 cm³/mol. The summed E-state index contributed by atoms with van der Waals surface area (Å²) in [5, 5.41) is 3.57. The molecule has 0 bridgehead atoms. The zero-order valence-corrected chi connectivity index (χ0v) is 12.5. The molecule has 1 aromatic rings. The monoisotopic (exact) mass is 261 g/mol. The van der Waals surface area contributed by atoms with E-state index in [-0.39, 0.29) is 5.41 Å². The van der Waals surface area contributed by atoms with Crippen molar-refractivity contribution in [2.45, 2.75) is 45.6 Å². The fourth-order valence-corrected chi connectivity index (χ4v) is 2.49. The van der Waals surface area contributed by atoms with Gasteiger partial charge in [-0.3, -0.25) is 0 Å². The molecule has 0 atom stereocenters. The van der Waals surface area contributed by atoms with Crippen molar-refractivity contribution in [2.24, 2.45) is 5.92 Å². The normalized spacial score (nSPS) is 17.6. The van der Waals surface area contributed by atoms with Crippen molar-refractivity contribution in [3.63, 3.8) is 0 Å². The third kappa shape index (κ3) is 4.63. The Bertz CT molecular complexity index is 371. The first-order chi connectivity index (χ1) is 9.05. The molecule has 1 aliphatic heterocycles. The summed E-state index contributed by atoms with van der Waals surface area (Å²) in [7, 11) is 0. The zero-order valence-electron chi connectivity index (χ0n) is 12.5. The molecule has 0 aromatic heterocycles. The van der Waals surface area contributed by atoms with Crippen LogP contribution >= 0.6 is 0 Å². The Morgan fingerprint density at radius 1 is 1.11 bits per heavy atom. The lowest BCUT2D eigenvalue weighted by Crippen LogP contribution is -2.27. The molecule has 1 heterocycles. The summed E-state index contributed by atoms with van der Waals surface area (Å²) in [6.45, 7) is 10.7. The molecule has 1 aliphatic rings. The second kappa shape index (κ2) is 6.53. The van der Waals surface area contributed by atoms with E-state index in [1.54, 1.807) is 0 Å². The highest BCUT2D eigenvalue weighted by Gasteiger charge is 2.14. The third-order valence-electron chi connectivity index (χ3n) is 3.92. The van der Waals surface area contributed by atoms with Crippen LogP contribution in [-0.4, -0.2) is 19.8 Å². The van der Waals surface area contributed by atoms with E-state index in [2.05, 4.69) is 50.4 Å². The Kier molecular flexibility index (Phi) is 5.00. The summed E-state index contributed by atoms with van der Waals surface area (Å²) >= 11 is 0. The topological polar surface area (TPSA) is 21.3 Å². The molecule has 0 aliphatic carbocycles. The number of nitrogens with one attached hydrogen (secondary N) is 1. The van der Waals surface area contributed by atoms with Gasteiger partial charge in [-0.15, -0.1) is 0 Å². The average molecular weight is 261 g/mol. The van der Waals surface area contributed by atoms with Gasteiger partial charge in [-0.05, 0) is 41.8 Å². The first kappa shape index (κ1) is 14.5. The molecule has 0 radical (unpaired) electrons. The highest BCUT2D eigenvalue weighted by molar-refractivity contribution is 5.27. The molecule has 2 heteroatoms. The van der Waals surface area contributed by atoms with Crippen LogP contribution in [-0.2, 0) is 16.7 Å². The molecule has 1 saturated heterocycles. The summed E-state index contributed by atoms with van der Waals surface area (Å²) in [5.41, 5.74) is 3.02. The Morgan fingerprint density at radius 3 is 2.32 bits per heavy atom. The van der Waals surface area contributed by atoms with Crippen molar-refractivity contribution >= 4 is 0 Å². The maximum atomic E-state index is 5.38. The van der Waals surface area contributed by atoms with Crippen LogP contribution in [0.25, 0.3) is 0 Å². The molecule has 2 rings (SSSR count).